The molecule has 0 saturated heterocycles. The van der Waals surface area contributed by atoms with Crippen molar-refractivity contribution in [2.75, 3.05) is 11.9 Å². The second-order valence-electron chi connectivity index (χ2n) is 5.56. The van der Waals surface area contributed by atoms with Crippen LogP contribution in [-0.2, 0) is 9.53 Å². The maximum absolute atomic E-state index is 12.0. The van der Waals surface area contributed by atoms with Crippen molar-refractivity contribution in [1.82, 2.24) is 0 Å². The molecule has 0 aliphatic rings. The van der Waals surface area contributed by atoms with E-state index in [1.54, 1.807) is 48.5 Å². The monoisotopic (exact) mass is 391 g/mol. The van der Waals surface area contributed by atoms with Crippen LogP contribution in [0.25, 0.3) is 6.08 Å². The second-order valence-corrected chi connectivity index (χ2v) is 6.40. The average molecular weight is 392 g/mol. The van der Waals surface area contributed by atoms with Crippen molar-refractivity contribution in [2.24, 2.45) is 0 Å². The molecule has 1 N–H and O–H groups in total. The largest absolute Gasteiger partial charge is 0.462 e. The molecule has 0 bridgehead atoms. The number of amides is 1. The molecule has 0 unspecified atom stereocenters. The summed E-state index contributed by atoms with van der Waals surface area (Å²) in [6.07, 6.45) is 4.78. The minimum atomic E-state index is -0.367. The van der Waals surface area contributed by atoms with E-state index in [9.17, 15) is 9.59 Å². The highest BCUT2D eigenvalue weighted by molar-refractivity contribution is 6.35. The fourth-order valence-electron chi connectivity index (χ4n) is 2.07. The molecule has 0 aromatic heterocycles. The molecule has 0 aliphatic heterocycles. The molecule has 2 rings (SSSR count). The Morgan fingerprint density at radius 1 is 1.12 bits per heavy atom. The molecule has 0 atom stereocenters. The van der Waals surface area contributed by atoms with Crippen molar-refractivity contribution in [3.8, 4) is 0 Å². The first-order chi connectivity index (χ1) is 12.5. The molecule has 6 heteroatoms. The van der Waals surface area contributed by atoms with Gasteiger partial charge in [0.1, 0.15) is 0 Å². The SMILES string of the molecule is CCCCOC(=O)c1ccc(NC(=O)C=Cc2ccc(Cl)cc2Cl)cc1. The van der Waals surface area contributed by atoms with Crippen molar-refractivity contribution >= 4 is 46.8 Å². The van der Waals surface area contributed by atoms with Gasteiger partial charge in [0.05, 0.1) is 12.2 Å². The van der Waals surface area contributed by atoms with Gasteiger partial charge in [0, 0.05) is 21.8 Å². The molecule has 4 nitrogen and oxygen atoms in total. The third-order valence-corrected chi connectivity index (χ3v) is 4.06. The van der Waals surface area contributed by atoms with Crippen LogP contribution in [0.5, 0.6) is 0 Å². The Morgan fingerprint density at radius 3 is 2.50 bits per heavy atom. The third-order valence-electron chi connectivity index (χ3n) is 3.50. The van der Waals surface area contributed by atoms with Gasteiger partial charge in [0.15, 0.2) is 0 Å². The topological polar surface area (TPSA) is 55.4 Å². The molecule has 0 spiro atoms. The summed E-state index contributed by atoms with van der Waals surface area (Å²) in [6.45, 7) is 2.44. The minimum absolute atomic E-state index is 0.311. The van der Waals surface area contributed by atoms with E-state index in [2.05, 4.69) is 5.32 Å². The third kappa shape index (κ3) is 6.21. The number of benzene rings is 2. The van der Waals surface area contributed by atoms with Crippen molar-refractivity contribution < 1.29 is 14.3 Å². The van der Waals surface area contributed by atoms with E-state index in [0.29, 0.717) is 33.5 Å². The Balaban J connectivity index is 1.92. The number of esters is 1. The molecular weight excluding hydrogens is 373 g/mol. The lowest BCUT2D eigenvalue weighted by Crippen LogP contribution is -2.09. The fourth-order valence-corrected chi connectivity index (χ4v) is 2.54. The Hall–Kier alpha value is -2.30. The molecule has 0 radical (unpaired) electrons. The van der Waals surface area contributed by atoms with Crippen LogP contribution in [0.2, 0.25) is 10.0 Å². The highest BCUT2D eigenvalue weighted by Crippen LogP contribution is 2.22. The number of unbranched alkanes of at least 4 members (excludes halogenated alkanes) is 1. The van der Waals surface area contributed by atoms with Gasteiger partial charge >= 0.3 is 5.97 Å². The number of halogens is 2. The van der Waals surface area contributed by atoms with Gasteiger partial charge in [0.25, 0.3) is 0 Å². The highest BCUT2D eigenvalue weighted by Gasteiger charge is 2.07. The van der Waals surface area contributed by atoms with Crippen molar-refractivity contribution in [3.05, 3.63) is 69.7 Å². The van der Waals surface area contributed by atoms with Gasteiger partial charge in [-0.25, -0.2) is 4.79 Å². The Kier molecular flexibility index (Phi) is 7.70. The first-order valence-electron chi connectivity index (χ1n) is 8.21. The van der Waals surface area contributed by atoms with Gasteiger partial charge < -0.3 is 10.1 Å². The van der Waals surface area contributed by atoms with Crippen LogP contribution in [-0.4, -0.2) is 18.5 Å². The Bertz CT molecular complexity index is 801. The summed E-state index contributed by atoms with van der Waals surface area (Å²) in [4.78, 5) is 23.8. The van der Waals surface area contributed by atoms with Crippen LogP contribution < -0.4 is 5.32 Å². The van der Waals surface area contributed by atoms with Crippen LogP contribution in [0.4, 0.5) is 5.69 Å². The summed E-state index contributed by atoms with van der Waals surface area (Å²) in [5, 5.41) is 3.71. The quantitative estimate of drug-likeness (QED) is 0.379. The number of ether oxygens (including phenoxy) is 1. The Labute approximate surface area is 162 Å². The van der Waals surface area contributed by atoms with Gasteiger partial charge in [-0.15, -0.1) is 0 Å². The van der Waals surface area contributed by atoms with E-state index in [4.69, 9.17) is 27.9 Å². The van der Waals surface area contributed by atoms with Gasteiger partial charge in [-0.3, -0.25) is 4.79 Å². The van der Waals surface area contributed by atoms with E-state index < -0.39 is 0 Å². The molecule has 0 fully saturated rings. The lowest BCUT2D eigenvalue weighted by Gasteiger charge is -2.06. The molecular formula is C20H19Cl2NO3. The molecule has 136 valence electrons. The summed E-state index contributed by atoms with van der Waals surface area (Å²) in [7, 11) is 0. The first kappa shape index (κ1) is 20.0. The summed E-state index contributed by atoms with van der Waals surface area (Å²) in [5.41, 5.74) is 1.71. The van der Waals surface area contributed by atoms with Gasteiger partial charge in [-0.1, -0.05) is 42.6 Å². The van der Waals surface area contributed by atoms with Crippen LogP contribution in [0.15, 0.2) is 48.5 Å². The lowest BCUT2D eigenvalue weighted by molar-refractivity contribution is -0.111. The van der Waals surface area contributed by atoms with E-state index in [1.165, 1.54) is 6.08 Å². The normalized spacial score (nSPS) is 10.7. The average Bonchev–Trinajstić information content (AvgIpc) is 2.61. The zero-order valence-electron chi connectivity index (χ0n) is 14.3. The maximum Gasteiger partial charge on any atom is 0.338 e. The molecule has 0 saturated carbocycles. The molecule has 2 aromatic rings. The minimum Gasteiger partial charge on any atom is -0.462 e. The number of carbonyl (C=O) groups excluding carboxylic acids is 2. The summed E-state index contributed by atoms with van der Waals surface area (Å²) < 4.78 is 5.14. The van der Waals surface area contributed by atoms with E-state index in [-0.39, 0.29) is 11.9 Å². The predicted molar refractivity (Wildman–Crippen MR) is 106 cm³/mol. The summed E-state index contributed by atoms with van der Waals surface area (Å²) in [5.74, 6) is -0.678. The van der Waals surface area contributed by atoms with E-state index in [1.807, 2.05) is 6.92 Å². The van der Waals surface area contributed by atoms with Crippen LogP contribution in [0, 0.1) is 0 Å². The predicted octanol–water partition coefficient (Wildman–Crippen LogP) is 5.60. The number of carbonyl (C=O) groups is 2. The van der Waals surface area contributed by atoms with E-state index >= 15 is 0 Å². The van der Waals surface area contributed by atoms with Crippen LogP contribution in [0.3, 0.4) is 0 Å². The molecule has 1 amide bonds. The van der Waals surface area contributed by atoms with Crippen molar-refractivity contribution in [1.29, 1.82) is 0 Å². The number of rotatable bonds is 7. The Morgan fingerprint density at radius 2 is 1.85 bits per heavy atom. The number of hydrogen-bond acceptors (Lipinski definition) is 3. The molecule has 0 heterocycles. The van der Waals surface area contributed by atoms with Crippen LogP contribution in [0.1, 0.15) is 35.7 Å². The first-order valence-corrected chi connectivity index (χ1v) is 8.96. The lowest BCUT2D eigenvalue weighted by atomic mass is 10.2. The standard InChI is InChI=1S/C20H19Cl2NO3/c1-2-3-12-26-20(25)15-5-9-17(10-6-15)23-19(24)11-7-14-4-8-16(21)13-18(14)22/h4-11,13H,2-3,12H2,1H3,(H,23,24). The van der Waals surface area contributed by atoms with Gasteiger partial charge in [-0.05, 0) is 54.5 Å². The number of nitrogens with one attached hydrogen (secondary N) is 1. The van der Waals surface area contributed by atoms with Gasteiger partial charge in [-0.2, -0.15) is 0 Å². The highest BCUT2D eigenvalue weighted by atomic mass is 35.5. The maximum atomic E-state index is 12.0. The molecule has 2 aromatic carbocycles. The summed E-state index contributed by atoms with van der Waals surface area (Å²) >= 11 is 11.9. The van der Waals surface area contributed by atoms with Crippen molar-refractivity contribution in [2.45, 2.75) is 19.8 Å². The molecule has 26 heavy (non-hydrogen) atoms. The van der Waals surface area contributed by atoms with E-state index in [0.717, 1.165) is 12.8 Å². The zero-order chi connectivity index (χ0) is 18.9. The number of anilines is 1. The smallest absolute Gasteiger partial charge is 0.338 e. The fraction of sp³-hybridized carbons (Fsp3) is 0.200. The summed E-state index contributed by atoms with van der Waals surface area (Å²) in [6, 6.07) is 11.6. The van der Waals surface area contributed by atoms with Gasteiger partial charge in [0.2, 0.25) is 5.91 Å². The van der Waals surface area contributed by atoms with Crippen molar-refractivity contribution in [3.63, 3.8) is 0 Å². The second kappa shape index (κ2) is 10.00. The molecule has 0 aliphatic carbocycles. The zero-order valence-corrected chi connectivity index (χ0v) is 15.8. The van der Waals surface area contributed by atoms with Crippen LogP contribution >= 0.6 is 23.2 Å². The number of hydrogen-bond donors (Lipinski definition) is 1.